The highest BCUT2D eigenvalue weighted by molar-refractivity contribution is 5.97. The number of nitrogens with two attached hydrogens (primary N) is 1. The third kappa shape index (κ3) is 3.32. The van der Waals surface area contributed by atoms with Crippen LogP contribution in [-0.2, 0) is 0 Å². The van der Waals surface area contributed by atoms with Crippen LogP contribution in [-0.4, -0.2) is 44.8 Å². The summed E-state index contributed by atoms with van der Waals surface area (Å²) in [5, 5.41) is 0.674. The maximum Gasteiger partial charge on any atom is 0.422 e. The topological polar surface area (TPSA) is 112 Å². The Morgan fingerprint density at radius 1 is 1.19 bits per heavy atom. The second-order valence-electron chi connectivity index (χ2n) is 5.49. The van der Waals surface area contributed by atoms with Crippen LogP contribution in [0.5, 0.6) is 11.8 Å². The van der Waals surface area contributed by atoms with Gasteiger partial charge in [-0.05, 0) is 13.8 Å². The van der Waals surface area contributed by atoms with Gasteiger partial charge in [-0.15, -0.1) is 0 Å². The van der Waals surface area contributed by atoms with Crippen LogP contribution in [0.15, 0.2) is 6.20 Å². The second-order valence-corrected chi connectivity index (χ2v) is 5.49. The van der Waals surface area contributed by atoms with Gasteiger partial charge in [0, 0.05) is 11.3 Å². The highest BCUT2D eigenvalue weighted by Crippen LogP contribution is 2.37. The van der Waals surface area contributed by atoms with E-state index in [1.165, 1.54) is 7.11 Å². The number of H-pyrrole nitrogens is 1. The fourth-order valence-corrected chi connectivity index (χ4v) is 2.60. The summed E-state index contributed by atoms with van der Waals surface area (Å²) in [5.41, 5.74) is 8.46. The lowest BCUT2D eigenvalue weighted by atomic mass is 10.1. The van der Waals surface area contributed by atoms with Crippen molar-refractivity contribution in [2.45, 2.75) is 20.0 Å². The van der Waals surface area contributed by atoms with Crippen LogP contribution in [0.2, 0.25) is 0 Å². The lowest BCUT2D eigenvalue weighted by molar-refractivity contribution is -0.154. The molecule has 3 rings (SSSR count). The summed E-state index contributed by atoms with van der Waals surface area (Å²) in [6.07, 6.45) is -3.37. The first-order valence-electron chi connectivity index (χ1n) is 7.43. The molecule has 0 aliphatic rings. The standard InChI is InChI=1S/C15H15F3N6O2/c1-6-9(10-7(2)22-14(19)24-12(10)21-6)11-13(25-3)23-8(4-20-11)26-5-15(16,17)18/h4H,5H2,1-3H3,(H3,19,21,22,24). The summed E-state index contributed by atoms with van der Waals surface area (Å²) < 4.78 is 46.7. The molecule has 138 valence electrons. The van der Waals surface area contributed by atoms with E-state index in [2.05, 4.69) is 29.7 Å². The summed E-state index contributed by atoms with van der Waals surface area (Å²) >= 11 is 0. The zero-order valence-corrected chi connectivity index (χ0v) is 14.1. The molecular weight excluding hydrogens is 353 g/mol. The maximum absolute atomic E-state index is 12.3. The molecule has 26 heavy (non-hydrogen) atoms. The Labute approximate surface area is 145 Å². The van der Waals surface area contributed by atoms with E-state index in [9.17, 15) is 13.2 Å². The molecule has 0 radical (unpaired) electrons. The molecule has 0 spiro atoms. The number of aryl methyl sites for hydroxylation is 2. The van der Waals surface area contributed by atoms with Crippen molar-refractivity contribution in [2.24, 2.45) is 0 Å². The number of ether oxygens (including phenoxy) is 2. The average Bonchev–Trinajstić information content (AvgIpc) is 2.88. The van der Waals surface area contributed by atoms with E-state index in [0.29, 0.717) is 33.7 Å². The average molecular weight is 368 g/mol. The van der Waals surface area contributed by atoms with Gasteiger partial charge in [0.15, 0.2) is 6.61 Å². The quantitative estimate of drug-likeness (QED) is 0.728. The Balaban J connectivity index is 2.10. The number of anilines is 1. The van der Waals surface area contributed by atoms with Gasteiger partial charge in [-0.2, -0.15) is 23.1 Å². The molecule has 0 aromatic carbocycles. The molecule has 0 bridgehead atoms. The third-order valence-corrected chi connectivity index (χ3v) is 3.57. The van der Waals surface area contributed by atoms with E-state index in [-0.39, 0.29) is 17.7 Å². The minimum Gasteiger partial charge on any atom is -0.479 e. The van der Waals surface area contributed by atoms with Crippen molar-refractivity contribution in [1.82, 2.24) is 24.9 Å². The van der Waals surface area contributed by atoms with E-state index >= 15 is 0 Å². The molecule has 3 aromatic rings. The van der Waals surface area contributed by atoms with Crippen LogP contribution in [0.1, 0.15) is 11.4 Å². The van der Waals surface area contributed by atoms with Crippen LogP contribution in [0, 0.1) is 13.8 Å². The molecule has 0 unspecified atom stereocenters. The first kappa shape index (κ1) is 17.7. The van der Waals surface area contributed by atoms with Gasteiger partial charge in [0.05, 0.1) is 24.4 Å². The molecule has 8 nitrogen and oxygen atoms in total. The monoisotopic (exact) mass is 368 g/mol. The van der Waals surface area contributed by atoms with E-state index < -0.39 is 12.8 Å². The van der Waals surface area contributed by atoms with Crippen molar-refractivity contribution in [1.29, 1.82) is 0 Å². The zero-order chi connectivity index (χ0) is 19.1. The van der Waals surface area contributed by atoms with Gasteiger partial charge >= 0.3 is 6.18 Å². The number of aromatic amines is 1. The molecule has 3 N–H and O–H groups in total. The number of nitrogens with one attached hydrogen (secondary N) is 1. The number of nitrogens with zero attached hydrogens (tertiary/aromatic N) is 4. The molecule has 0 amide bonds. The van der Waals surface area contributed by atoms with Crippen LogP contribution in [0.3, 0.4) is 0 Å². The van der Waals surface area contributed by atoms with Crippen LogP contribution >= 0.6 is 0 Å². The van der Waals surface area contributed by atoms with Gasteiger partial charge < -0.3 is 20.2 Å². The van der Waals surface area contributed by atoms with Crippen LogP contribution in [0.4, 0.5) is 19.1 Å². The molecule has 3 heterocycles. The minimum atomic E-state index is -4.48. The fourth-order valence-electron chi connectivity index (χ4n) is 2.60. The highest BCUT2D eigenvalue weighted by Gasteiger charge is 2.29. The molecule has 0 aliphatic heterocycles. The number of hydrogen-bond acceptors (Lipinski definition) is 7. The number of alkyl halides is 3. The molecular formula is C15H15F3N6O2. The molecule has 0 saturated carbocycles. The van der Waals surface area contributed by atoms with Crippen molar-refractivity contribution in [3.63, 3.8) is 0 Å². The third-order valence-electron chi connectivity index (χ3n) is 3.57. The number of methoxy groups -OCH3 is 1. The first-order valence-corrected chi connectivity index (χ1v) is 7.43. The van der Waals surface area contributed by atoms with E-state index in [1.807, 2.05) is 0 Å². The number of aromatic nitrogens is 5. The molecule has 11 heteroatoms. The first-order chi connectivity index (χ1) is 12.2. The molecule has 0 atom stereocenters. The minimum absolute atomic E-state index is 0.0184. The van der Waals surface area contributed by atoms with Crippen LogP contribution in [0.25, 0.3) is 22.3 Å². The smallest absolute Gasteiger partial charge is 0.422 e. The fraction of sp³-hybridized carbons (Fsp3) is 0.333. The van der Waals surface area contributed by atoms with E-state index in [1.54, 1.807) is 13.8 Å². The SMILES string of the molecule is COc1nc(OCC(F)(F)F)cnc1-c1c(C)[nH]c2nc(N)nc(C)c12. The number of rotatable bonds is 4. The number of nitrogen functional groups attached to an aromatic ring is 1. The number of hydrogen-bond donors (Lipinski definition) is 2. The van der Waals surface area contributed by atoms with E-state index in [0.717, 1.165) is 6.20 Å². The molecule has 0 saturated heterocycles. The van der Waals surface area contributed by atoms with Gasteiger partial charge in [-0.1, -0.05) is 0 Å². The summed E-state index contributed by atoms with van der Waals surface area (Å²) in [7, 11) is 1.34. The Kier molecular flexibility index (Phi) is 4.30. The Bertz CT molecular complexity index is 970. The molecule has 0 fully saturated rings. The Hall–Kier alpha value is -3.11. The van der Waals surface area contributed by atoms with Crippen molar-refractivity contribution >= 4 is 17.0 Å². The van der Waals surface area contributed by atoms with Gasteiger partial charge in [-0.3, -0.25) is 0 Å². The van der Waals surface area contributed by atoms with Gasteiger partial charge in [-0.25, -0.2) is 9.97 Å². The largest absolute Gasteiger partial charge is 0.479 e. The van der Waals surface area contributed by atoms with E-state index in [4.69, 9.17) is 10.5 Å². The van der Waals surface area contributed by atoms with Crippen molar-refractivity contribution in [3.05, 3.63) is 17.6 Å². The zero-order valence-electron chi connectivity index (χ0n) is 14.1. The van der Waals surface area contributed by atoms with Crippen molar-refractivity contribution < 1.29 is 22.6 Å². The van der Waals surface area contributed by atoms with Crippen molar-refractivity contribution in [3.8, 4) is 23.0 Å². The summed E-state index contributed by atoms with van der Waals surface area (Å²) in [6.45, 7) is 2.09. The number of fused-ring (bicyclic) bond motifs is 1. The van der Waals surface area contributed by atoms with Gasteiger partial charge in [0.1, 0.15) is 11.3 Å². The summed E-state index contributed by atoms with van der Waals surface area (Å²) in [4.78, 5) is 19.5. The molecule has 3 aromatic heterocycles. The summed E-state index contributed by atoms with van der Waals surface area (Å²) in [5.74, 6) is -0.153. The second kappa shape index (κ2) is 6.32. The van der Waals surface area contributed by atoms with Gasteiger partial charge in [0.2, 0.25) is 17.7 Å². The lowest BCUT2D eigenvalue weighted by Crippen LogP contribution is -2.19. The maximum atomic E-state index is 12.3. The predicted octanol–water partition coefficient (Wildman–Crippen LogP) is 2.56. The number of halogens is 3. The van der Waals surface area contributed by atoms with Crippen LogP contribution < -0.4 is 15.2 Å². The Morgan fingerprint density at radius 3 is 2.58 bits per heavy atom. The predicted molar refractivity (Wildman–Crippen MR) is 86.9 cm³/mol. The van der Waals surface area contributed by atoms with Gasteiger partial charge in [0.25, 0.3) is 0 Å². The lowest BCUT2D eigenvalue weighted by Gasteiger charge is -2.11. The molecule has 0 aliphatic carbocycles. The summed E-state index contributed by atoms with van der Waals surface area (Å²) in [6, 6.07) is 0. The normalized spacial score (nSPS) is 11.8. The highest BCUT2D eigenvalue weighted by atomic mass is 19.4. The Morgan fingerprint density at radius 2 is 1.92 bits per heavy atom. The van der Waals surface area contributed by atoms with Crippen molar-refractivity contribution in [2.75, 3.05) is 19.5 Å².